The summed E-state index contributed by atoms with van der Waals surface area (Å²) in [4.78, 5) is 12.8. The van der Waals surface area contributed by atoms with E-state index in [2.05, 4.69) is 24.3 Å². The van der Waals surface area contributed by atoms with Crippen molar-refractivity contribution in [2.45, 2.75) is 39.2 Å². The van der Waals surface area contributed by atoms with Gasteiger partial charge >= 0.3 is 0 Å². The SMILES string of the molecule is Cn1ncc(C(=O)NC2C[C@@H]3C[C@H](C2)C3(C)C)c1-c1ccccc1. The molecule has 1 heterocycles. The molecule has 0 spiro atoms. The van der Waals surface area contributed by atoms with E-state index in [4.69, 9.17) is 0 Å². The van der Waals surface area contributed by atoms with E-state index in [1.165, 1.54) is 6.42 Å². The summed E-state index contributed by atoms with van der Waals surface area (Å²) in [7, 11) is 1.89. The molecular weight excluding hydrogens is 298 g/mol. The summed E-state index contributed by atoms with van der Waals surface area (Å²) in [6, 6.07) is 10.3. The summed E-state index contributed by atoms with van der Waals surface area (Å²) in [5.41, 5.74) is 3.04. The van der Waals surface area contributed by atoms with Crippen LogP contribution in [0.1, 0.15) is 43.5 Å². The number of hydrogen-bond acceptors (Lipinski definition) is 2. The number of amides is 1. The fourth-order valence-corrected chi connectivity index (χ4v) is 4.63. The van der Waals surface area contributed by atoms with Gasteiger partial charge in [0.25, 0.3) is 5.91 Å². The molecule has 0 aliphatic heterocycles. The molecule has 0 radical (unpaired) electrons. The summed E-state index contributed by atoms with van der Waals surface area (Å²) < 4.78 is 1.78. The van der Waals surface area contributed by atoms with Crippen molar-refractivity contribution in [3.05, 3.63) is 42.1 Å². The number of aryl methyl sites for hydroxylation is 1. The van der Waals surface area contributed by atoms with Gasteiger partial charge in [-0.1, -0.05) is 44.2 Å². The highest BCUT2D eigenvalue weighted by atomic mass is 16.1. The monoisotopic (exact) mass is 323 g/mol. The first-order valence-corrected chi connectivity index (χ1v) is 8.85. The second-order valence-electron chi connectivity index (χ2n) is 7.99. The molecule has 3 fully saturated rings. The maximum absolute atomic E-state index is 12.8. The van der Waals surface area contributed by atoms with Crippen LogP contribution in [-0.4, -0.2) is 21.7 Å². The Morgan fingerprint density at radius 3 is 2.46 bits per heavy atom. The van der Waals surface area contributed by atoms with Gasteiger partial charge in [-0.05, 0) is 36.5 Å². The van der Waals surface area contributed by atoms with Crippen LogP contribution in [0, 0.1) is 17.3 Å². The molecule has 24 heavy (non-hydrogen) atoms. The summed E-state index contributed by atoms with van der Waals surface area (Å²) in [6.45, 7) is 4.75. The lowest BCUT2D eigenvalue weighted by Gasteiger charge is -2.58. The number of hydrogen-bond donors (Lipinski definition) is 1. The number of aromatic nitrogens is 2. The van der Waals surface area contributed by atoms with Crippen LogP contribution in [0.5, 0.6) is 0 Å². The maximum atomic E-state index is 12.8. The molecule has 126 valence electrons. The highest BCUT2D eigenvalue weighted by Crippen LogP contribution is 2.59. The predicted molar refractivity (Wildman–Crippen MR) is 94.5 cm³/mol. The number of nitrogens with one attached hydrogen (secondary N) is 1. The number of carbonyl (C=O) groups excluding carboxylic acids is 1. The highest BCUT2D eigenvalue weighted by molar-refractivity contribution is 6.00. The molecule has 1 amide bonds. The van der Waals surface area contributed by atoms with Crippen LogP contribution in [0.15, 0.2) is 36.5 Å². The molecule has 1 N–H and O–H groups in total. The largest absolute Gasteiger partial charge is 0.349 e. The zero-order valence-electron chi connectivity index (χ0n) is 14.6. The van der Waals surface area contributed by atoms with Crippen LogP contribution in [0.4, 0.5) is 0 Å². The van der Waals surface area contributed by atoms with Crippen molar-refractivity contribution in [2.24, 2.45) is 24.3 Å². The van der Waals surface area contributed by atoms with Gasteiger partial charge in [0.15, 0.2) is 0 Å². The van der Waals surface area contributed by atoms with Crippen molar-refractivity contribution < 1.29 is 4.79 Å². The van der Waals surface area contributed by atoms with Crippen molar-refractivity contribution in [1.29, 1.82) is 0 Å². The van der Waals surface area contributed by atoms with Gasteiger partial charge in [-0.2, -0.15) is 5.10 Å². The van der Waals surface area contributed by atoms with Gasteiger partial charge < -0.3 is 5.32 Å². The van der Waals surface area contributed by atoms with Crippen LogP contribution >= 0.6 is 0 Å². The third-order valence-electron chi connectivity index (χ3n) is 6.38. The lowest BCUT2D eigenvalue weighted by molar-refractivity contribution is -0.0770. The zero-order valence-corrected chi connectivity index (χ0v) is 14.6. The Labute approximate surface area is 143 Å². The number of nitrogens with zero attached hydrogens (tertiary/aromatic N) is 2. The maximum Gasteiger partial charge on any atom is 0.255 e. The van der Waals surface area contributed by atoms with Crippen LogP contribution in [0.2, 0.25) is 0 Å². The van der Waals surface area contributed by atoms with Crippen LogP contribution in [0.3, 0.4) is 0 Å². The summed E-state index contributed by atoms with van der Waals surface area (Å²) in [5, 5.41) is 7.57. The minimum atomic E-state index is 0.00561. The number of rotatable bonds is 3. The summed E-state index contributed by atoms with van der Waals surface area (Å²) >= 11 is 0. The van der Waals surface area contributed by atoms with Gasteiger partial charge in [0.05, 0.1) is 17.5 Å². The number of fused-ring (bicyclic) bond motifs is 2. The van der Waals surface area contributed by atoms with Gasteiger partial charge in [0, 0.05) is 18.7 Å². The van der Waals surface area contributed by atoms with Crippen LogP contribution in [-0.2, 0) is 7.05 Å². The van der Waals surface area contributed by atoms with Gasteiger partial charge in [-0.25, -0.2) is 0 Å². The van der Waals surface area contributed by atoms with E-state index >= 15 is 0 Å². The molecule has 3 aliphatic carbocycles. The topological polar surface area (TPSA) is 46.9 Å². The molecule has 1 unspecified atom stereocenters. The average Bonchev–Trinajstić information content (AvgIpc) is 2.97. The molecule has 4 nitrogen and oxygen atoms in total. The molecule has 2 bridgehead atoms. The minimum absolute atomic E-state index is 0.00561. The van der Waals surface area contributed by atoms with E-state index < -0.39 is 0 Å². The average molecular weight is 323 g/mol. The minimum Gasteiger partial charge on any atom is -0.349 e. The smallest absolute Gasteiger partial charge is 0.255 e. The number of benzene rings is 1. The molecule has 3 atom stereocenters. The van der Waals surface area contributed by atoms with E-state index in [0.29, 0.717) is 17.0 Å². The highest BCUT2D eigenvalue weighted by Gasteiger charge is 2.52. The first-order chi connectivity index (χ1) is 11.5. The third kappa shape index (κ3) is 2.36. The predicted octanol–water partition coefficient (Wildman–Crippen LogP) is 3.64. The van der Waals surface area contributed by atoms with E-state index in [1.54, 1.807) is 10.9 Å². The normalized spacial score (nSPS) is 27.4. The van der Waals surface area contributed by atoms with Crippen molar-refractivity contribution in [3.8, 4) is 11.3 Å². The molecule has 2 aromatic rings. The molecular formula is C20H25N3O. The van der Waals surface area contributed by atoms with Crippen molar-refractivity contribution >= 4 is 5.91 Å². The fourth-order valence-electron chi connectivity index (χ4n) is 4.63. The first kappa shape index (κ1) is 15.4. The van der Waals surface area contributed by atoms with Crippen molar-refractivity contribution in [2.75, 3.05) is 0 Å². The lowest BCUT2D eigenvalue weighted by atomic mass is 9.48. The zero-order chi connectivity index (χ0) is 16.9. The standard InChI is InChI=1S/C20H25N3O/c1-20(2)14-9-15(20)11-16(10-14)22-19(24)17-12-21-23(3)18(17)13-7-5-4-6-8-13/h4-8,12,14-16H,9-11H2,1-3H3,(H,22,24)/t14-,15+,16?. The Balaban J connectivity index is 1.52. The second-order valence-corrected chi connectivity index (χ2v) is 7.99. The van der Waals surface area contributed by atoms with E-state index in [1.807, 2.05) is 37.4 Å². The lowest BCUT2D eigenvalue weighted by Crippen LogP contribution is -2.55. The van der Waals surface area contributed by atoms with Gasteiger partial charge in [0.1, 0.15) is 0 Å². The quantitative estimate of drug-likeness (QED) is 0.937. The molecule has 1 aromatic carbocycles. The van der Waals surface area contributed by atoms with E-state index in [9.17, 15) is 4.79 Å². The Hall–Kier alpha value is -2.10. The molecule has 3 saturated carbocycles. The van der Waals surface area contributed by atoms with Gasteiger partial charge in [-0.15, -0.1) is 0 Å². The Kier molecular flexibility index (Phi) is 3.52. The first-order valence-electron chi connectivity index (χ1n) is 8.85. The Bertz CT molecular complexity index is 748. The Morgan fingerprint density at radius 2 is 1.83 bits per heavy atom. The number of carbonyl (C=O) groups is 1. The molecule has 5 rings (SSSR count). The van der Waals surface area contributed by atoms with Gasteiger partial charge in [-0.3, -0.25) is 9.48 Å². The van der Waals surface area contributed by atoms with Crippen molar-refractivity contribution in [3.63, 3.8) is 0 Å². The van der Waals surface area contributed by atoms with Crippen LogP contribution < -0.4 is 5.32 Å². The Morgan fingerprint density at radius 1 is 1.17 bits per heavy atom. The van der Waals surface area contributed by atoms with Gasteiger partial charge in [0.2, 0.25) is 0 Å². The fraction of sp³-hybridized carbons (Fsp3) is 0.500. The summed E-state index contributed by atoms with van der Waals surface area (Å²) in [6.07, 6.45) is 5.24. The molecule has 4 heteroatoms. The van der Waals surface area contributed by atoms with E-state index in [0.717, 1.165) is 35.9 Å². The second kappa shape index (κ2) is 5.47. The van der Waals surface area contributed by atoms with Crippen molar-refractivity contribution in [1.82, 2.24) is 15.1 Å². The summed E-state index contributed by atoms with van der Waals surface area (Å²) in [5.74, 6) is 1.51. The molecule has 0 saturated heterocycles. The molecule has 3 aliphatic rings. The molecule has 1 aromatic heterocycles. The van der Waals surface area contributed by atoms with E-state index in [-0.39, 0.29) is 5.91 Å². The van der Waals surface area contributed by atoms with Crippen LogP contribution in [0.25, 0.3) is 11.3 Å². The third-order valence-corrected chi connectivity index (χ3v) is 6.38.